The summed E-state index contributed by atoms with van der Waals surface area (Å²) in [6.45, 7) is 4.27. The van der Waals surface area contributed by atoms with E-state index in [0.29, 0.717) is 0 Å². The quantitative estimate of drug-likeness (QED) is 0.888. The van der Waals surface area contributed by atoms with Crippen LogP contribution in [0.3, 0.4) is 0 Å². The largest absolute Gasteiger partial charge is 0.496 e. The Morgan fingerprint density at radius 3 is 3.00 bits per heavy atom. The van der Waals surface area contributed by atoms with E-state index in [2.05, 4.69) is 17.3 Å². The Bertz CT molecular complexity index is 397. The minimum atomic E-state index is 0.758. The summed E-state index contributed by atoms with van der Waals surface area (Å²) in [6.07, 6.45) is 1.29. The summed E-state index contributed by atoms with van der Waals surface area (Å²) < 4.78 is 5.33. The van der Waals surface area contributed by atoms with Crippen LogP contribution >= 0.6 is 11.6 Å². The van der Waals surface area contributed by atoms with Crippen LogP contribution in [0.2, 0.25) is 5.02 Å². The van der Waals surface area contributed by atoms with Crippen LogP contribution in [0.25, 0.3) is 0 Å². The molecule has 18 heavy (non-hydrogen) atoms. The molecule has 1 fully saturated rings. The van der Waals surface area contributed by atoms with Crippen LogP contribution in [0.5, 0.6) is 5.75 Å². The molecule has 2 rings (SSSR count). The van der Waals surface area contributed by atoms with Gasteiger partial charge in [-0.1, -0.05) is 11.6 Å². The van der Waals surface area contributed by atoms with Gasteiger partial charge in [-0.3, -0.25) is 0 Å². The Labute approximate surface area is 114 Å². The summed E-state index contributed by atoms with van der Waals surface area (Å²) in [5.74, 6) is 1.66. The summed E-state index contributed by atoms with van der Waals surface area (Å²) in [5.41, 5.74) is 1.12. The second-order valence-electron chi connectivity index (χ2n) is 5.00. The van der Waals surface area contributed by atoms with Gasteiger partial charge in [0, 0.05) is 23.7 Å². The number of benzene rings is 1. The van der Waals surface area contributed by atoms with Gasteiger partial charge in [0.2, 0.25) is 0 Å². The Morgan fingerprint density at radius 1 is 1.50 bits per heavy atom. The molecule has 0 aliphatic carbocycles. The third kappa shape index (κ3) is 3.61. The van der Waals surface area contributed by atoms with Crippen LogP contribution in [0, 0.1) is 5.92 Å². The zero-order valence-corrected chi connectivity index (χ0v) is 11.8. The van der Waals surface area contributed by atoms with Crippen LogP contribution in [0.4, 0.5) is 0 Å². The number of rotatable bonds is 5. The zero-order valence-electron chi connectivity index (χ0n) is 11.1. The molecular formula is C14H21ClN2O. The first kappa shape index (κ1) is 13.7. The molecule has 0 aromatic heterocycles. The highest BCUT2D eigenvalue weighted by molar-refractivity contribution is 6.30. The van der Waals surface area contributed by atoms with E-state index in [1.54, 1.807) is 7.11 Å². The van der Waals surface area contributed by atoms with Crippen LogP contribution < -0.4 is 10.1 Å². The molecule has 1 aromatic carbocycles. The van der Waals surface area contributed by atoms with Gasteiger partial charge in [0.05, 0.1) is 7.11 Å². The van der Waals surface area contributed by atoms with E-state index < -0.39 is 0 Å². The molecule has 0 bridgehead atoms. The lowest BCUT2D eigenvalue weighted by molar-refractivity contribution is 0.385. The second-order valence-corrected chi connectivity index (χ2v) is 5.44. The third-order valence-electron chi connectivity index (χ3n) is 3.48. The Balaban J connectivity index is 1.84. The predicted octanol–water partition coefficient (Wildman–Crippen LogP) is 2.39. The summed E-state index contributed by atoms with van der Waals surface area (Å²) in [7, 11) is 3.87. The van der Waals surface area contributed by atoms with Crippen molar-refractivity contribution in [1.29, 1.82) is 0 Å². The van der Waals surface area contributed by atoms with E-state index in [1.165, 1.54) is 19.5 Å². The molecule has 100 valence electrons. The van der Waals surface area contributed by atoms with Gasteiger partial charge in [0.15, 0.2) is 0 Å². The number of likely N-dealkylation sites (tertiary alicyclic amines) is 1. The fraction of sp³-hybridized carbons (Fsp3) is 0.571. The molecule has 3 nitrogen and oxygen atoms in total. The molecule has 1 atom stereocenters. The number of hydrogen-bond acceptors (Lipinski definition) is 3. The van der Waals surface area contributed by atoms with E-state index in [9.17, 15) is 0 Å². The molecule has 0 saturated carbocycles. The Hall–Kier alpha value is -0.770. The normalized spacial score (nSPS) is 20.3. The smallest absolute Gasteiger partial charge is 0.123 e. The summed E-state index contributed by atoms with van der Waals surface area (Å²) in [5, 5.41) is 4.26. The van der Waals surface area contributed by atoms with Gasteiger partial charge in [0.25, 0.3) is 0 Å². The van der Waals surface area contributed by atoms with Gasteiger partial charge < -0.3 is 15.0 Å². The first-order chi connectivity index (χ1) is 8.69. The number of methoxy groups -OCH3 is 1. The van der Waals surface area contributed by atoms with Crippen LogP contribution in [-0.4, -0.2) is 38.7 Å². The highest BCUT2D eigenvalue weighted by Crippen LogP contribution is 2.22. The van der Waals surface area contributed by atoms with Gasteiger partial charge >= 0.3 is 0 Å². The average Bonchev–Trinajstić information content (AvgIpc) is 2.75. The van der Waals surface area contributed by atoms with Crippen molar-refractivity contribution in [2.24, 2.45) is 5.92 Å². The van der Waals surface area contributed by atoms with Gasteiger partial charge in [-0.15, -0.1) is 0 Å². The predicted molar refractivity (Wildman–Crippen MR) is 75.3 cm³/mol. The van der Waals surface area contributed by atoms with Crippen LogP contribution in [0.1, 0.15) is 12.0 Å². The zero-order chi connectivity index (χ0) is 13.0. The van der Waals surface area contributed by atoms with Crippen molar-refractivity contribution in [2.45, 2.75) is 13.0 Å². The lowest BCUT2D eigenvalue weighted by Crippen LogP contribution is -2.24. The number of ether oxygens (including phenoxy) is 1. The van der Waals surface area contributed by atoms with E-state index >= 15 is 0 Å². The summed E-state index contributed by atoms with van der Waals surface area (Å²) in [6, 6.07) is 5.74. The second kappa shape index (κ2) is 6.41. The number of nitrogens with one attached hydrogen (secondary N) is 1. The van der Waals surface area contributed by atoms with Crippen LogP contribution in [-0.2, 0) is 6.54 Å². The van der Waals surface area contributed by atoms with Crippen molar-refractivity contribution >= 4 is 11.6 Å². The van der Waals surface area contributed by atoms with Gasteiger partial charge in [-0.25, -0.2) is 0 Å². The monoisotopic (exact) mass is 268 g/mol. The van der Waals surface area contributed by atoms with Gasteiger partial charge in [0.1, 0.15) is 5.75 Å². The highest BCUT2D eigenvalue weighted by Gasteiger charge is 2.18. The molecular weight excluding hydrogens is 248 g/mol. The summed E-state index contributed by atoms with van der Waals surface area (Å²) in [4.78, 5) is 2.38. The first-order valence-electron chi connectivity index (χ1n) is 6.40. The Kier molecular flexibility index (Phi) is 4.87. The van der Waals surface area contributed by atoms with E-state index in [1.807, 2.05) is 18.2 Å². The molecule has 1 aliphatic rings. The number of halogens is 1. The van der Waals surface area contributed by atoms with Crippen molar-refractivity contribution in [2.75, 3.05) is 33.8 Å². The topological polar surface area (TPSA) is 24.5 Å². The lowest BCUT2D eigenvalue weighted by atomic mass is 10.1. The first-order valence-corrected chi connectivity index (χ1v) is 6.78. The molecule has 1 saturated heterocycles. The minimum absolute atomic E-state index is 0.758. The third-order valence-corrected chi connectivity index (χ3v) is 3.71. The molecule has 0 amide bonds. The molecule has 1 heterocycles. The van der Waals surface area contributed by atoms with E-state index in [4.69, 9.17) is 16.3 Å². The Morgan fingerprint density at radius 2 is 2.33 bits per heavy atom. The van der Waals surface area contributed by atoms with Crippen molar-refractivity contribution in [1.82, 2.24) is 10.2 Å². The average molecular weight is 269 g/mol. The van der Waals surface area contributed by atoms with Gasteiger partial charge in [-0.2, -0.15) is 0 Å². The molecule has 1 aromatic rings. The highest BCUT2D eigenvalue weighted by atomic mass is 35.5. The summed E-state index contributed by atoms with van der Waals surface area (Å²) >= 11 is 6.01. The molecule has 0 spiro atoms. The molecule has 0 radical (unpaired) electrons. The number of hydrogen-bond donors (Lipinski definition) is 1. The maximum atomic E-state index is 6.01. The van der Waals surface area contributed by atoms with E-state index in [0.717, 1.165) is 35.3 Å². The number of nitrogens with zero attached hydrogens (tertiary/aromatic N) is 1. The van der Waals surface area contributed by atoms with Gasteiger partial charge in [-0.05, 0) is 50.7 Å². The van der Waals surface area contributed by atoms with Crippen molar-refractivity contribution in [3.63, 3.8) is 0 Å². The maximum Gasteiger partial charge on any atom is 0.123 e. The SMILES string of the molecule is COc1ccc(Cl)cc1CNCC1CCN(C)C1. The van der Waals surface area contributed by atoms with E-state index in [-0.39, 0.29) is 0 Å². The molecule has 4 heteroatoms. The van der Waals surface area contributed by atoms with Crippen molar-refractivity contribution in [3.05, 3.63) is 28.8 Å². The molecule has 1 aliphatic heterocycles. The molecule has 1 N–H and O–H groups in total. The van der Waals surface area contributed by atoms with Crippen molar-refractivity contribution in [3.8, 4) is 5.75 Å². The molecule has 1 unspecified atom stereocenters. The van der Waals surface area contributed by atoms with Crippen molar-refractivity contribution < 1.29 is 4.74 Å². The fourth-order valence-electron chi connectivity index (χ4n) is 2.49. The lowest BCUT2D eigenvalue weighted by Gasteiger charge is -2.13. The minimum Gasteiger partial charge on any atom is -0.496 e. The standard InChI is InChI=1S/C14H21ClN2O/c1-17-6-5-11(10-17)8-16-9-12-7-13(15)3-4-14(12)18-2/h3-4,7,11,16H,5-6,8-10H2,1-2H3. The maximum absolute atomic E-state index is 6.01. The van der Waals surface area contributed by atoms with Crippen LogP contribution in [0.15, 0.2) is 18.2 Å². The fourth-order valence-corrected chi connectivity index (χ4v) is 2.68.